The second kappa shape index (κ2) is 5.13. The van der Waals surface area contributed by atoms with E-state index in [1.807, 2.05) is 20.8 Å². The lowest BCUT2D eigenvalue weighted by Gasteiger charge is -2.26. The summed E-state index contributed by atoms with van der Waals surface area (Å²) in [6, 6.07) is 0. The number of thiophene rings is 1. The first-order valence-corrected chi connectivity index (χ1v) is 6.96. The summed E-state index contributed by atoms with van der Waals surface area (Å²) in [5.41, 5.74) is 1.77. The number of aromatic nitrogens is 2. The van der Waals surface area contributed by atoms with Crippen molar-refractivity contribution in [1.29, 1.82) is 0 Å². The van der Waals surface area contributed by atoms with E-state index in [9.17, 15) is 4.79 Å². The van der Waals surface area contributed by atoms with E-state index < -0.39 is 5.97 Å². The smallest absolute Gasteiger partial charge is 0.303 e. The van der Waals surface area contributed by atoms with Crippen molar-refractivity contribution < 1.29 is 9.90 Å². The number of aryl methyl sites for hydroxylation is 1. The summed E-state index contributed by atoms with van der Waals surface area (Å²) in [5.74, 6) is -0.00633. The molecule has 0 fully saturated rings. The van der Waals surface area contributed by atoms with Gasteiger partial charge >= 0.3 is 5.97 Å². The Morgan fingerprint density at radius 1 is 1.47 bits per heavy atom. The Kier molecular flexibility index (Phi) is 3.71. The molecule has 0 aliphatic carbocycles. The van der Waals surface area contributed by atoms with Gasteiger partial charge in [-0.05, 0) is 38.1 Å². The van der Waals surface area contributed by atoms with Gasteiger partial charge in [-0.25, -0.2) is 9.97 Å². The lowest BCUT2D eigenvalue weighted by atomic mass is 9.98. The van der Waals surface area contributed by atoms with E-state index in [4.69, 9.17) is 5.11 Å². The predicted octanol–water partition coefficient (Wildman–Crippen LogP) is 3.06. The molecule has 0 saturated carbocycles. The Balaban J connectivity index is 2.23. The summed E-state index contributed by atoms with van der Waals surface area (Å²) in [4.78, 5) is 19.2. The summed E-state index contributed by atoms with van der Waals surface area (Å²) >= 11 is 1.60. The minimum Gasteiger partial charge on any atom is -0.481 e. The van der Waals surface area contributed by atoms with Crippen LogP contribution >= 0.6 is 11.3 Å². The van der Waals surface area contributed by atoms with Crippen LogP contribution in [0.25, 0.3) is 10.2 Å². The molecule has 102 valence electrons. The van der Waals surface area contributed by atoms with Gasteiger partial charge in [0.1, 0.15) is 12.1 Å². The Hall–Kier alpha value is -1.69. The van der Waals surface area contributed by atoms with Gasteiger partial charge in [-0.15, -0.1) is 11.3 Å². The van der Waals surface area contributed by atoms with Crippen LogP contribution < -0.4 is 5.32 Å². The Morgan fingerprint density at radius 2 is 2.21 bits per heavy atom. The average Bonchev–Trinajstić information content (AvgIpc) is 2.70. The van der Waals surface area contributed by atoms with Crippen LogP contribution in [0.4, 0.5) is 5.82 Å². The molecule has 0 aliphatic heterocycles. The zero-order chi connectivity index (χ0) is 14.0. The second-order valence-corrected chi connectivity index (χ2v) is 6.10. The highest BCUT2D eigenvalue weighted by Crippen LogP contribution is 2.30. The molecule has 0 spiro atoms. The highest BCUT2D eigenvalue weighted by molar-refractivity contribution is 7.18. The zero-order valence-electron chi connectivity index (χ0n) is 11.2. The van der Waals surface area contributed by atoms with Gasteiger partial charge in [0.25, 0.3) is 0 Å². The van der Waals surface area contributed by atoms with Crippen molar-refractivity contribution in [2.24, 2.45) is 0 Å². The Morgan fingerprint density at radius 3 is 2.89 bits per heavy atom. The molecule has 2 rings (SSSR count). The summed E-state index contributed by atoms with van der Waals surface area (Å²) in [6.45, 7) is 5.97. The first kappa shape index (κ1) is 13.7. The molecule has 0 radical (unpaired) electrons. The van der Waals surface area contributed by atoms with Gasteiger partial charge in [0.15, 0.2) is 0 Å². The van der Waals surface area contributed by atoms with E-state index in [0.29, 0.717) is 6.42 Å². The molecular formula is C13H17N3O2S. The minimum atomic E-state index is -0.783. The quantitative estimate of drug-likeness (QED) is 0.879. The molecular weight excluding hydrogens is 262 g/mol. The number of nitrogens with one attached hydrogen (secondary N) is 1. The Labute approximate surface area is 115 Å². The molecule has 2 aromatic rings. The largest absolute Gasteiger partial charge is 0.481 e. The van der Waals surface area contributed by atoms with Gasteiger partial charge in [-0.1, -0.05) is 0 Å². The molecule has 5 nitrogen and oxygen atoms in total. The number of fused-ring (bicyclic) bond motifs is 1. The van der Waals surface area contributed by atoms with Crippen LogP contribution in [0.3, 0.4) is 0 Å². The summed E-state index contributed by atoms with van der Waals surface area (Å²) in [7, 11) is 0. The topological polar surface area (TPSA) is 75.1 Å². The maximum atomic E-state index is 10.7. The van der Waals surface area contributed by atoms with Crippen molar-refractivity contribution in [3.63, 3.8) is 0 Å². The van der Waals surface area contributed by atoms with E-state index in [1.165, 1.54) is 6.33 Å². The van der Waals surface area contributed by atoms with Gasteiger partial charge in [0.2, 0.25) is 0 Å². The lowest BCUT2D eigenvalue weighted by Crippen LogP contribution is -2.32. The number of carboxylic acid groups (broad SMARTS) is 1. The molecule has 0 aliphatic rings. The molecule has 2 N–H and O–H groups in total. The summed E-state index contributed by atoms with van der Waals surface area (Å²) in [6.07, 6.45) is 2.22. The highest BCUT2D eigenvalue weighted by atomic mass is 32.1. The number of carboxylic acids is 1. The number of nitrogens with zero attached hydrogens (tertiary/aromatic N) is 2. The molecule has 0 atom stereocenters. The van der Waals surface area contributed by atoms with Crippen LogP contribution in [0.5, 0.6) is 0 Å². The van der Waals surface area contributed by atoms with Crippen molar-refractivity contribution in [3.8, 4) is 0 Å². The fraction of sp³-hybridized carbons (Fsp3) is 0.462. The van der Waals surface area contributed by atoms with Crippen molar-refractivity contribution in [2.45, 2.75) is 39.2 Å². The molecule has 2 aromatic heterocycles. The lowest BCUT2D eigenvalue weighted by molar-refractivity contribution is -0.137. The highest BCUT2D eigenvalue weighted by Gasteiger charge is 2.21. The maximum Gasteiger partial charge on any atom is 0.303 e. The van der Waals surface area contributed by atoms with Crippen molar-refractivity contribution >= 4 is 33.3 Å². The predicted molar refractivity (Wildman–Crippen MR) is 76.7 cm³/mol. The number of rotatable bonds is 5. The van der Waals surface area contributed by atoms with Gasteiger partial charge in [0, 0.05) is 12.0 Å². The average molecular weight is 279 g/mol. The molecule has 0 saturated heterocycles. The normalized spacial score (nSPS) is 11.7. The Bertz CT molecular complexity index is 607. The number of aliphatic carboxylic acids is 1. The third kappa shape index (κ3) is 3.20. The van der Waals surface area contributed by atoms with Crippen LogP contribution in [-0.4, -0.2) is 26.6 Å². The number of anilines is 1. The molecule has 0 unspecified atom stereocenters. The third-order valence-electron chi connectivity index (χ3n) is 2.95. The summed E-state index contributed by atoms with van der Waals surface area (Å²) in [5, 5.41) is 14.1. The second-order valence-electron chi connectivity index (χ2n) is 5.22. The molecule has 2 heterocycles. The standard InChI is InChI=1S/C13H17N3O2S/c1-8-6-19-11-10(8)14-7-15-12(11)16-13(2,3)5-4-9(17)18/h6-7H,4-5H2,1-3H3,(H,17,18)(H,14,15,16). The monoisotopic (exact) mass is 279 g/mol. The van der Waals surface area contributed by atoms with Gasteiger partial charge in [-0.2, -0.15) is 0 Å². The van der Waals surface area contributed by atoms with Crippen LogP contribution in [-0.2, 0) is 4.79 Å². The number of hydrogen-bond acceptors (Lipinski definition) is 5. The first-order valence-electron chi connectivity index (χ1n) is 6.08. The first-order chi connectivity index (χ1) is 8.89. The molecule has 6 heteroatoms. The van der Waals surface area contributed by atoms with Crippen molar-refractivity contribution in [1.82, 2.24) is 9.97 Å². The number of hydrogen-bond donors (Lipinski definition) is 2. The fourth-order valence-electron chi connectivity index (χ4n) is 1.86. The van der Waals surface area contributed by atoms with Crippen molar-refractivity contribution in [2.75, 3.05) is 5.32 Å². The van der Waals surface area contributed by atoms with Crippen LogP contribution in [0.15, 0.2) is 11.7 Å². The minimum absolute atomic E-state index is 0.137. The van der Waals surface area contributed by atoms with Crippen LogP contribution in [0, 0.1) is 6.92 Å². The molecule has 19 heavy (non-hydrogen) atoms. The molecule has 0 bridgehead atoms. The van der Waals surface area contributed by atoms with E-state index in [1.54, 1.807) is 11.3 Å². The fourth-order valence-corrected chi connectivity index (χ4v) is 2.81. The molecule has 0 amide bonds. The van der Waals surface area contributed by atoms with Crippen molar-refractivity contribution in [3.05, 3.63) is 17.3 Å². The van der Waals surface area contributed by atoms with Gasteiger partial charge in [-0.3, -0.25) is 4.79 Å². The van der Waals surface area contributed by atoms with E-state index in [2.05, 4.69) is 20.7 Å². The van der Waals surface area contributed by atoms with Crippen LogP contribution in [0.2, 0.25) is 0 Å². The molecule has 0 aromatic carbocycles. The SMILES string of the molecule is Cc1csc2c(NC(C)(C)CCC(=O)O)ncnc12. The van der Waals surface area contributed by atoms with Gasteiger partial charge < -0.3 is 10.4 Å². The van der Waals surface area contributed by atoms with E-state index >= 15 is 0 Å². The van der Waals surface area contributed by atoms with Crippen LogP contribution in [0.1, 0.15) is 32.3 Å². The maximum absolute atomic E-state index is 10.7. The third-order valence-corrected chi connectivity index (χ3v) is 4.05. The van der Waals surface area contributed by atoms with E-state index in [0.717, 1.165) is 21.6 Å². The zero-order valence-corrected chi connectivity index (χ0v) is 12.0. The van der Waals surface area contributed by atoms with Gasteiger partial charge in [0.05, 0.1) is 10.2 Å². The van der Waals surface area contributed by atoms with E-state index in [-0.39, 0.29) is 12.0 Å². The summed E-state index contributed by atoms with van der Waals surface area (Å²) < 4.78 is 1.02. The number of carbonyl (C=O) groups is 1.